The highest BCUT2D eigenvalue weighted by Crippen LogP contribution is 2.16. The Kier molecular flexibility index (Phi) is 6.34. The first-order valence-corrected chi connectivity index (χ1v) is 7.98. The van der Waals surface area contributed by atoms with E-state index in [-0.39, 0.29) is 12.3 Å². The third kappa shape index (κ3) is 5.80. The molecule has 0 bridgehead atoms. The first-order valence-electron chi connectivity index (χ1n) is 7.98. The maximum atomic E-state index is 11.8. The molecular formula is C20H21NO4. The molecule has 0 aliphatic heterocycles. The van der Waals surface area contributed by atoms with Gasteiger partial charge in [-0.15, -0.1) is 0 Å². The number of amides is 1. The third-order valence-electron chi connectivity index (χ3n) is 3.59. The number of carboxylic acid groups (broad SMARTS) is 1. The van der Waals surface area contributed by atoms with Crippen LogP contribution in [0.4, 0.5) is 4.79 Å². The highest BCUT2D eigenvalue weighted by Gasteiger charge is 2.13. The minimum absolute atomic E-state index is 0.0721. The predicted molar refractivity (Wildman–Crippen MR) is 95.9 cm³/mol. The lowest BCUT2D eigenvalue weighted by Crippen LogP contribution is -2.27. The molecule has 1 amide bonds. The van der Waals surface area contributed by atoms with Gasteiger partial charge in [-0.1, -0.05) is 68.4 Å². The molecule has 0 atom stereocenters. The van der Waals surface area contributed by atoms with E-state index in [1.165, 1.54) is 6.08 Å². The fourth-order valence-electron chi connectivity index (χ4n) is 2.16. The Balaban J connectivity index is 2.02. The molecule has 2 N–H and O–H groups in total. The van der Waals surface area contributed by atoms with Crippen molar-refractivity contribution in [3.8, 4) is 0 Å². The van der Waals surface area contributed by atoms with Crippen molar-refractivity contribution in [3.05, 3.63) is 77.0 Å². The largest absolute Gasteiger partial charge is 0.477 e. The molecule has 0 aromatic heterocycles. The lowest BCUT2D eigenvalue weighted by molar-refractivity contribution is -0.132. The second kappa shape index (κ2) is 8.68. The van der Waals surface area contributed by atoms with Crippen LogP contribution in [0.15, 0.2) is 60.3 Å². The van der Waals surface area contributed by atoms with Gasteiger partial charge in [-0.05, 0) is 28.7 Å². The number of hydrogen-bond donors (Lipinski definition) is 2. The van der Waals surface area contributed by atoms with Gasteiger partial charge in [-0.3, -0.25) is 5.32 Å². The summed E-state index contributed by atoms with van der Waals surface area (Å²) < 4.78 is 5.04. The predicted octanol–water partition coefficient (Wildman–Crippen LogP) is 4.16. The Morgan fingerprint density at radius 2 is 1.72 bits per heavy atom. The smallest absolute Gasteiger partial charge is 0.412 e. The zero-order valence-electron chi connectivity index (χ0n) is 14.2. The molecule has 0 aliphatic carbocycles. The lowest BCUT2D eigenvalue weighted by atomic mass is 10.0. The average molecular weight is 339 g/mol. The second-order valence-electron chi connectivity index (χ2n) is 5.87. The molecule has 130 valence electrons. The highest BCUT2D eigenvalue weighted by atomic mass is 16.5. The number of carbonyl (C=O) groups is 2. The van der Waals surface area contributed by atoms with E-state index in [2.05, 4.69) is 19.2 Å². The Hall–Kier alpha value is -3.08. The Labute approximate surface area is 146 Å². The molecule has 5 heteroatoms. The molecule has 0 heterocycles. The first kappa shape index (κ1) is 18.3. The van der Waals surface area contributed by atoms with Crippen LogP contribution in [0.2, 0.25) is 0 Å². The van der Waals surface area contributed by atoms with Crippen LogP contribution in [0.5, 0.6) is 0 Å². The summed E-state index contributed by atoms with van der Waals surface area (Å²) in [6, 6.07) is 16.7. The lowest BCUT2D eigenvalue weighted by Gasteiger charge is -2.08. The summed E-state index contributed by atoms with van der Waals surface area (Å²) in [6.45, 7) is 4.23. The van der Waals surface area contributed by atoms with Gasteiger partial charge in [0.25, 0.3) is 0 Å². The van der Waals surface area contributed by atoms with Gasteiger partial charge in [0.05, 0.1) is 0 Å². The number of rotatable bonds is 6. The van der Waals surface area contributed by atoms with Gasteiger partial charge in [-0.2, -0.15) is 0 Å². The zero-order valence-corrected chi connectivity index (χ0v) is 14.2. The fourth-order valence-corrected chi connectivity index (χ4v) is 2.16. The van der Waals surface area contributed by atoms with Crippen molar-refractivity contribution >= 4 is 18.1 Å². The van der Waals surface area contributed by atoms with E-state index in [1.54, 1.807) is 0 Å². The van der Waals surface area contributed by atoms with E-state index in [0.29, 0.717) is 11.5 Å². The standard InChI is InChI=1S/C20H21NO4/c1-14(2)17-10-8-15(9-11-17)12-18(19(22)23)21-20(24)25-13-16-6-4-3-5-7-16/h3-12,14H,13H2,1-2H3,(H,21,24)(H,22,23). The van der Waals surface area contributed by atoms with E-state index in [0.717, 1.165) is 11.1 Å². The summed E-state index contributed by atoms with van der Waals surface area (Å²) in [5.41, 5.74) is 2.42. The summed E-state index contributed by atoms with van der Waals surface area (Å²) in [6.07, 6.45) is 0.590. The average Bonchev–Trinajstić information content (AvgIpc) is 2.60. The SMILES string of the molecule is CC(C)c1ccc(C=C(NC(=O)OCc2ccccc2)C(=O)O)cc1. The number of nitrogens with one attached hydrogen (secondary N) is 1. The van der Waals surface area contributed by atoms with Crippen LogP contribution in [0, 0.1) is 0 Å². The van der Waals surface area contributed by atoms with E-state index in [1.807, 2.05) is 54.6 Å². The molecule has 2 rings (SSSR count). The molecule has 25 heavy (non-hydrogen) atoms. The van der Waals surface area contributed by atoms with E-state index < -0.39 is 12.1 Å². The van der Waals surface area contributed by atoms with Crippen LogP contribution < -0.4 is 5.32 Å². The van der Waals surface area contributed by atoms with Gasteiger partial charge in [0.2, 0.25) is 0 Å². The molecular weight excluding hydrogens is 318 g/mol. The Morgan fingerprint density at radius 3 is 2.28 bits per heavy atom. The van der Waals surface area contributed by atoms with Crippen LogP contribution >= 0.6 is 0 Å². The number of carboxylic acids is 1. The van der Waals surface area contributed by atoms with Crippen LogP contribution in [-0.2, 0) is 16.1 Å². The summed E-state index contributed by atoms with van der Waals surface area (Å²) in [7, 11) is 0. The highest BCUT2D eigenvalue weighted by molar-refractivity contribution is 5.95. The molecule has 5 nitrogen and oxygen atoms in total. The van der Waals surface area contributed by atoms with Crippen LogP contribution in [0.3, 0.4) is 0 Å². The van der Waals surface area contributed by atoms with Gasteiger partial charge in [0, 0.05) is 0 Å². The van der Waals surface area contributed by atoms with Gasteiger partial charge < -0.3 is 9.84 Å². The van der Waals surface area contributed by atoms with Gasteiger partial charge in [-0.25, -0.2) is 9.59 Å². The monoisotopic (exact) mass is 339 g/mol. The fraction of sp³-hybridized carbons (Fsp3) is 0.200. The summed E-state index contributed by atoms with van der Waals surface area (Å²) in [4.78, 5) is 23.2. The van der Waals surface area contributed by atoms with Crippen LogP contribution in [0.1, 0.15) is 36.5 Å². The number of ether oxygens (including phenoxy) is 1. The molecule has 0 spiro atoms. The van der Waals surface area contributed by atoms with Crippen LogP contribution in [-0.4, -0.2) is 17.2 Å². The topological polar surface area (TPSA) is 75.6 Å². The van der Waals surface area contributed by atoms with Crippen molar-refractivity contribution in [2.24, 2.45) is 0 Å². The number of hydrogen-bond acceptors (Lipinski definition) is 3. The normalized spacial score (nSPS) is 11.2. The summed E-state index contributed by atoms with van der Waals surface area (Å²) >= 11 is 0. The Morgan fingerprint density at radius 1 is 1.08 bits per heavy atom. The van der Waals surface area contributed by atoms with E-state index in [4.69, 9.17) is 4.74 Å². The Bertz CT molecular complexity index is 749. The third-order valence-corrected chi connectivity index (χ3v) is 3.59. The quantitative estimate of drug-likeness (QED) is 0.775. The molecule has 2 aromatic carbocycles. The number of carbonyl (C=O) groups excluding carboxylic acids is 1. The minimum atomic E-state index is -1.23. The van der Waals surface area contributed by atoms with Gasteiger partial charge >= 0.3 is 12.1 Å². The molecule has 0 saturated heterocycles. The number of benzene rings is 2. The van der Waals surface area contributed by atoms with Gasteiger partial charge in [0.15, 0.2) is 0 Å². The number of alkyl carbamates (subject to hydrolysis) is 1. The van der Waals surface area contributed by atoms with Crippen molar-refractivity contribution < 1.29 is 19.4 Å². The van der Waals surface area contributed by atoms with Crippen molar-refractivity contribution in [1.29, 1.82) is 0 Å². The molecule has 0 radical (unpaired) electrons. The maximum Gasteiger partial charge on any atom is 0.412 e. The summed E-state index contributed by atoms with van der Waals surface area (Å²) in [5, 5.41) is 11.5. The van der Waals surface area contributed by atoms with Crippen molar-refractivity contribution in [3.63, 3.8) is 0 Å². The van der Waals surface area contributed by atoms with Gasteiger partial charge in [0.1, 0.15) is 12.3 Å². The van der Waals surface area contributed by atoms with Crippen LogP contribution in [0.25, 0.3) is 6.08 Å². The van der Waals surface area contributed by atoms with E-state index >= 15 is 0 Å². The summed E-state index contributed by atoms with van der Waals surface area (Å²) in [5.74, 6) is -0.840. The van der Waals surface area contributed by atoms with E-state index in [9.17, 15) is 14.7 Å². The maximum absolute atomic E-state index is 11.8. The zero-order chi connectivity index (χ0) is 18.2. The molecule has 0 unspecified atom stereocenters. The molecule has 2 aromatic rings. The number of aliphatic carboxylic acids is 1. The molecule has 0 fully saturated rings. The van der Waals surface area contributed by atoms with Crippen molar-refractivity contribution in [1.82, 2.24) is 5.32 Å². The first-order chi connectivity index (χ1) is 12.0. The molecule has 0 aliphatic rings. The van der Waals surface area contributed by atoms with Crippen molar-refractivity contribution in [2.45, 2.75) is 26.4 Å². The second-order valence-corrected chi connectivity index (χ2v) is 5.87. The van der Waals surface area contributed by atoms with Crippen molar-refractivity contribution in [2.75, 3.05) is 0 Å². The minimum Gasteiger partial charge on any atom is -0.477 e. The molecule has 0 saturated carbocycles.